The van der Waals surface area contributed by atoms with Crippen molar-refractivity contribution < 1.29 is 28.5 Å². The maximum atomic E-state index is 11.8. The number of halogens is 2. The van der Waals surface area contributed by atoms with Crippen molar-refractivity contribution in [1.29, 1.82) is 0 Å². The summed E-state index contributed by atoms with van der Waals surface area (Å²) >= 11 is 6.12. The third kappa shape index (κ3) is 8.58. The van der Waals surface area contributed by atoms with Gasteiger partial charge in [-0.25, -0.2) is 0 Å². The van der Waals surface area contributed by atoms with Gasteiger partial charge in [0, 0.05) is 11.5 Å². The molecule has 2 amide bonds. The molecule has 1 aliphatic heterocycles. The highest BCUT2D eigenvalue weighted by Gasteiger charge is 2.35. The normalized spacial score (nSPS) is 14.3. The van der Waals surface area contributed by atoms with Crippen LogP contribution in [0.4, 0.5) is 0 Å². The monoisotopic (exact) mass is 498 g/mol. The molecule has 0 unspecified atom stereocenters. The summed E-state index contributed by atoms with van der Waals surface area (Å²) in [6.07, 6.45) is 0. The summed E-state index contributed by atoms with van der Waals surface area (Å²) in [6, 6.07) is 0. The molecular formula is C14H20Br2N4O6. The Morgan fingerprint density at radius 2 is 1.23 bits per heavy atom. The van der Waals surface area contributed by atoms with Crippen molar-refractivity contribution >= 4 is 43.7 Å². The van der Waals surface area contributed by atoms with E-state index < -0.39 is 0 Å². The lowest BCUT2D eigenvalue weighted by Crippen LogP contribution is -2.34. The van der Waals surface area contributed by atoms with Gasteiger partial charge in [-0.15, -0.1) is 0 Å². The molecule has 0 aromatic carbocycles. The van der Waals surface area contributed by atoms with Crippen LogP contribution in [0.25, 0.3) is 10.4 Å². The van der Waals surface area contributed by atoms with Gasteiger partial charge in [0.2, 0.25) is 0 Å². The Bertz CT molecular complexity index is 530. The van der Waals surface area contributed by atoms with E-state index in [0.29, 0.717) is 52.8 Å². The molecule has 0 aromatic heterocycles. The van der Waals surface area contributed by atoms with Crippen molar-refractivity contribution in [2.24, 2.45) is 5.11 Å². The predicted molar refractivity (Wildman–Crippen MR) is 98.9 cm³/mol. The molecule has 0 aliphatic carbocycles. The first kappa shape index (κ1) is 23.0. The van der Waals surface area contributed by atoms with E-state index in [-0.39, 0.29) is 33.9 Å². The summed E-state index contributed by atoms with van der Waals surface area (Å²) in [6.45, 7) is 3.58. The molecule has 0 saturated carbocycles. The van der Waals surface area contributed by atoms with Gasteiger partial charge >= 0.3 is 0 Å². The van der Waals surface area contributed by atoms with E-state index in [9.17, 15) is 9.59 Å². The average Bonchev–Trinajstić information content (AvgIpc) is 2.82. The Morgan fingerprint density at radius 1 is 0.808 bits per heavy atom. The quantitative estimate of drug-likeness (QED) is 0.111. The molecular weight excluding hydrogens is 480 g/mol. The SMILES string of the molecule is [N-]=[N+]=NCCOCCOCCOCCOCCN1C(=O)C(Br)=C(Br)C1=O. The molecule has 0 saturated heterocycles. The Kier molecular flexibility index (Phi) is 12.5. The van der Waals surface area contributed by atoms with Gasteiger partial charge in [0.15, 0.2) is 0 Å². The molecule has 0 atom stereocenters. The minimum atomic E-state index is -0.374. The number of imide groups is 1. The van der Waals surface area contributed by atoms with Crippen LogP contribution in [-0.4, -0.2) is 82.7 Å². The first-order valence-corrected chi connectivity index (χ1v) is 9.41. The Hall–Kier alpha value is -1.01. The Morgan fingerprint density at radius 3 is 1.69 bits per heavy atom. The van der Waals surface area contributed by atoms with Crippen LogP contribution >= 0.6 is 31.9 Å². The maximum absolute atomic E-state index is 11.8. The second kappa shape index (κ2) is 14.1. The van der Waals surface area contributed by atoms with Crippen molar-refractivity contribution in [3.63, 3.8) is 0 Å². The van der Waals surface area contributed by atoms with E-state index in [4.69, 9.17) is 24.5 Å². The van der Waals surface area contributed by atoms with E-state index in [1.54, 1.807) is 0 Å². The fraction of sp³-hybridized carbons (Fsp3) is 0.714. The van der Waals surface area contributed by atoms with Crippen molar-refractivity contribution in [3.8, 4) is 0 Å². The molecule has 1 rings (SSSR count). The summed E-state index contributed by atoms with van der Waals surface area (Å²) in [5.41, 5.74) is 8.07. The zero-order valence-electron chi connectivity index (χ0n) is 14.1. The molecule has 10 nitrogen and oxygen atoms in total. The van der Waals surface area contributed by atoms with E-state index in [2.05, 4.69) is 41.9 Å². The second-order valence-corrected chi connectivity index (χ2v) is 6.38. The number of hydrogen-bond acceptors (Lipinski definition) is 7. The first-order valence-electron chi connectivity index (χ1n) is 7.83. The highest BCUT2D eigenvalue weighted by molar-refractivity contribution is 9.14. The largest absolute Gasteiger partial charge is 0.379 e. The Labute approximate surface area is 167 Å². The fourth-order valence-electron chi connectivity index (χ4n) is 1.79. The average molecular weight is 500 g/mol. The van der Waals surface area contributed by atoms with Crippen molar-refractivity contribution in [2.45, 2.75) is 0 Å². The summed E-state index contributed by atoms with van der Waals surface area (Å²) in [4.78, 5) is 27.2. The van der Waals surface area contributed by atoms with Crippen LogP contribution in [0.1, 0.15) is 0 Å². The van der Waals surface area contributed by atoms with Gasteiger partial charge in [0.1, 0.15) is 8.96 Å². The highest BCUT2D eigenvalue weighted by Crippen LogP contribution is 2.28. The summed E-state index contributed by atoms with van der Waals surface area (Å²) in [5.74, 6) is -0.749. The zero-order chi connectivity index (χ0) is 19.2. The molecule has 1 aliphatic rings. The molecule has 0 bridgehead atoms. The van der Waals surface area contributed by atoms with E-state index in [1.807, 2.05) is 0 Å². The number of nitrogens with zero attached hydrogens (tertiary/aromatic N) is 4. The summed E-state index contributed by atoms with van der Waals surface area (Å²) < 4.78 is 21.6. The second-order valence-electron chi connectivity index (χ2n) is 4.79. The van der Waals surface area contributed by atoms with E-state index in [0.717, 1.165) is 4.90 Å². The number of azide groups is 1. The van der Waals surface area contributed by atoms with Gasteiger partial charge in [-0.1, -0.05) is 5.11 Å². The van der Waals surface area contributed by atoms with Crippen molar-refractivity contribution in [3.05, 3.63) is 19.4 Å². The van der Waals surface area contributed by atoms with Gasteiger partial charge in [-0.05, 0) is 37.4 Å². The molecule has 0 fully saturated rings. The molecule has 0 spiro atoms. The third-order valence-electron chi connectivity index (χ3n) is 3.03. The minimum absolute atomic E-state index is 0.185. The number of ether oxygens (including phenoxy) is 4. The molecule has 26 heavy (non-hydrogen) atoms. The standard InChI is InChI=1S/C14H20Br2N4O6/c15-11-12(16)14(22)20(13(11)21)2-4-24-6-8-26-10-9-25-7-5-23-3-1-18-19-17/h1-10H2. The molecule has 0 radical (unpaired) electrons. The smallest absolute Gasteiger partial charge is 0.269 e. The summed E-state index contributed by atoms with van der Waals surface area (Å²) in [5, 5.41) is 3.34. The highest BCUT2D eigenvalue weighted by atomic mass is 79.9. The van der Waals surface area contributed by atoms with E-state index >= 15 is 0 Å². The molecule has 1 heterocycles. The molecule has 0 aromatic rings. The molecule has 0 N–H and O–H groups in total. The van der Waals surface area contributed by atoms with Gasteiger partial charge < -0.3 is 18.9 Å². The number of amides is 2. The van der Waals surface area contributed by atoms with E-state index in [1.165, 1.54) is 0 Å². The third-order valence-corrected chi connectivity index (χ3v) is 5.04. The number of hydrogen-bond donors (Lipinski definition) is 0. The van der Waals surface area contributed by atoms with Crippen LogP contribution in [0.15, 0.2) is 14.1 Å². The fourth-order valence-corrected chi connectivity index (χ4v) is 2.56. The number of carbonyl (C=O) groups is 2. The predicted octanol–water partition coefficient (Wildman–Crippen LogP) is 1.73. The Balaban J connectivity index is 1.86. The van der Waals surface area contributed by atoms with Crippen LogP contribution in [0.5, 0.6) is 0 Å². The van der Waals surface area contributed by atoms with Gasteiger partial charge in [0.25, 0.3) is 11.8 Å². The molecule has 12 heteroatoms. The van der Waals surface area contributed by atoms with Crippen LogP contribution in [-0.2, 0) is 28.5 Å². The minimum Gasteiger partial charge on any atom is -0.379 e. The lowest BCUT2D eigenvalue weighted by Gasteiger charge is -2.14. The lowest BCUT2D eigenvalue weighted by molar-refractivity contribution is -0.137. The van der Waals surface area contributed by atoms with Crippen LogP contribution in [0, 0.1) is 0 Å². The number of carbonyl (C=O) groups excluding carboxylic acids is 2. The first-order chi connectivity index (χ1) is 12.6. The van der Waals surface area contributed by atoms with Gasteiger partial charge in [0.05, 0.1) is 59.4 Å². The zero-order valence-corrected chi connectivity index (χ0v) is 17.2. The number of rotatable bonds is 15. The molecule has 146 valence electrons. The van der Waals surface area contributed by atoms with Crippen LogP contribution in [0.2, 0.25) is 0 Å². The van der Waals surface area contributed by atoms with Crippen molar-refractivity contribution in [1.82, 2.24) is 4.90 Å². The van der Waals surface area contributed by atoms with Gasteiger partial charge in [-0.2, -0.15) is 0 Å². The topological polar surface area (TPSA) is 123 Å². The van der Waals surface area contributed by atoms with Crippen LogP contribution in [0.3, 0.4) is 0 Å². The van der Waals surface area contributed by atoms with Gasteiger partial charge in [-0.3, -0.25) is 14.5 Å². The maximum Gasteiger partial charge on any atom is 0.269 e. The van der Waals surface area contributed by atoms with Crippen LogP contribution < -0.4 is 0 Å². The van der Waals surface area contributed by atoms with Crippen molar-refractivity contribution in [2.75, 3.05) is 65.9 Å². The summed E-state index contributed by atoms with van der Waals surface area (Å²) in [7, 11) is 0. The lowest BCUT2D eigenvalue weighted by atomic mass is 10.5.